The first-order valence-corrected chi connectivity index (χ1v) is 10.8. The number of nitrogens with one attached hydrogen (secondary N) is 1. The molecule has 1 N–H and O–H groups in total. The monoisotopic (exact) mass is 400 g/mol. The second-order valence-electron chi connectivity index (χ2n) is 7.22. The van der Waals surface area contributed by atoms with Gasteiger partial charge in [0.1, 0.15) is 0 Å². The molecule has 0 aliphatic rings. The number of hydrogen-bond donors (Lipinski definition) is 1. The van der Waals surface area contributed by atoms with Gasteiger partial charge in [0, 0.05) is 18.5 Å². The number of unbranched alkanes of at least 4 members (excludes halogenated alkanes) is 5. The molecule has 0 unspecified atom stereocenters. The van der Waals surface area contributed by atoms with Crippen LogP contribution in [0.4, 0.5) is 0 Å². The standard InChI is InChI=1S/C21H28N4O2S/c1-4-5-6-7-8-9-14-25-17-18(24(3)20(27)23-19(17)26)22-21(25)28-16-12-10-15(2)11-13-16/h10-13H,4-9,14H2,1-3H3,(H,23,26,27). The number of aromatic nitrogens is 4. The van der Waals surface area contributed by atoms with Gasteiger partial charge in [-0.25, -0.2) is 9.78 Å². The van der Waals surface area contributed by atoms with Gasteiger partial charge >= 0.3 is 5.69 Å². The number of aryl methyl sites for hydroxylation is 3. The third-order valence-electron chi connectivity index (χ3n) is 4.94. The third kappa shape index (κ3) is 4.58. The van der Waals surface area contributed by atoms with Crippen molar-refractivity contribution in [2.75, 3.05) is 0 Å². The number of benzene rings is 1. The molecule has 28 heavy (non-hydrogen) atoms. The Labute approximate surface area is 169 Å². The van der Waals surface area contributed by atoms with Crippen LogP contribution in [0.25, 0.3) is 11.2 Å². The minimum Gasteiger partial charge on any atom is -0.313 e. The van der Waals surface area contributed by atoms with E-state index in [4.69, 9.17) is 0 Å². The molecular formula is C21H28N4O2S. The highest BCUT2D eigenvalue weighted by Crippen LogP contribution is 2.29. The maximum atomic E-state index is 12.5. The number of H-pyrrole nitrogens is 1. The van der Waals surface area contributed by atoms with Crippen LogP contribution in [0.1, 0.15) is 51.0 Å². The van der Waals surface area contributed by atoms with Crippen LogP contribution < -0.4 is 11.2 Å². The molecule has 0 aliphatic heterocycles. The van der Waals surface area contributed by atoms with Crippen LogP contribution in [0.5, 0.6) is 0 Å². The lowest BCUT2D eigenvalue weighted by molar-refractivity contribution is 0.544. The molecule has 0 aliphatic carbocycles. The number of aromatic amines is 1. The van der Waals surface area contributed by atoms with Crippen molar-refractivity contribution >= 4 is 22.9 Å². The van der Waals surface area contributed by atoms with Crippen molar-refractivity contribution in [2.24, 2.45) is 7.05 Å². The van der Waals surface area contributed by atoms with Crippen LogP contribution in [0.3, 0.4) is 0 Å². The zero-order valence-corrected chi connectivity index (χ0v) is 17.6. The summed E-state index contributed by atoms with van der Waals surface area (Å²) in [5.41, 5.74) is 1.31. The fourth-order valence-electron chi connectivity index (χ4n) is 3.26. The Kier molecular flexibility index (Phi) is 6.78. The number of imidazole rings is 1. The summed E-state index contributed by atoms with van der Waals surface area (Å²) < 4.78 is 3.38. The smallest absolute Gasteiger partial charge is 0.313 e. The molecule has 3 rings (SSSR count). The number of rotatable bonds is 9. The van der Waals surface area contributed by atoms with Crippen molar-refractivity contribution < 1.29 is 0 Å². The van der Waals surface area contributed by atoms with E-state index >= 15 is 0 Å². The zero-order valence-electron chi connectivity index (χ0n) is 16.8. The molecule has 3 aromatic rings. The maximum Gasteiger partial charge on any atom is 0.329 e. The summed E-state index contributed by atoms with van der Waals surface area (Å²) in [5.74, 6) is 0. The predicted molar refractivity (Wildman–Crippen MR) is 114 cm³/mol. The van der Waals surface area contributed by atoms with Crippen LogP contribution in [-0.4, -0.2) is 19.1 Å². The molecule has 2 aromatic heterocycles. The molecule has 0 saturated heterocycles. The zero-order chi connectivity index (χ0) is 20.1. The van der Waals surface area contributed by atoms with Crippen molar-refractivity contribution in [3.05, 3.63) is 50.7 Å². The van der Waals surface area contributed by atoms with Gasteiger partial charge in [-0.15, -0.1) is 0 Å². The van der Waals surface area contributed by atoms with Gasteiger partial charge in [-0.05, 0) is 25.5 Å². The Balaban J connectivity index is 1.92. The average molecular weight is 401 g/mol. The summed E-state index contributed by atoms with van der Waals surface area (Å²) in [6.45, 7) is 4.98. The van der Waals surface area contributed by atoms with Crippen LogP contribution >= 0.6 is 11.8 Å². The van der Waals surface area contributed by atoms with Crippen LogP contribution in [-0.2, 0) is 13.6 Å². The van der Waals surface area contributed by atoms with Gasteiger partial charge in [-0.2, -0.15) is 0 Å². The summed E-state index contributed by atoms with van der Waals surface area (Å²) in [6, 6.07) is 8.23. The minimum absolute atomic E-state index is 0.368. The van der Waals surface area contributed by atoms with Gasteiger partial charge in [0.05, 0.1) is 0 Å². The van der Waals surface area contributed by atoms with Crippen LogP contribution in [0.15, 0.2) is 43.9 Å². The van der Waals surface area contributed by atoms with Crippen molar-refractivity contribution in [3.8, 4) is 0 Å². The van der Waals surface area contributed by atoms with E-state index in [0.717, 1.165) is 29.4 Å². The Morgan fingerprint density at radius 2 is 1.71 bits per heavy atom. The molecule has 0 radical (unpaired) electrons. The van der Waals surface area contributed by atoms with E-state index in [0.29, 0.717) is 11.2 Å². The number of nitrogens with zero attached hydrogens (tertiary/aromatic N) is 3. The average Bonchev–Trinajstić information content (AvgIpc) is 3.03. The SMILES string of the molecule is CCCCCCCCn1c(Sc2ccc(C)cc2)nc2c1c(=O)[nH]c(=O)n2C. The molecule has 7 heteroatoms. The number of fused-ring (bicyclic) bond motifs is 1. The quantitative estimate of drug-likeness (QED) is 0.545. The fraction of sp³-hybridized carbons (Fsp3) is 0.476. The van der Waals surface area contributed by atoms with Gasteiger partial charge in [0.15, 0.2) is 16.3 Å². The van der Waals surface area contributed by atoms with Gasteiger partial charge < -0.3 is 4.57 Å². The van der Waals surface area contributed by atoms with Crippen LogP contribution in [0, 0.1) is 6.92 Å². The molecule has 0 saturated carbocycles. The van der Waals surface area contributed by atoms with E-state index in [1.807, 2.05) is 4.57 Å². The summed E-state index contributed by atoms with van der Waals surface area (Å²) in [6.07, 6.45) is 7.06. The van der Waals surface area contributed by atoms with Gasteiger partial charge in [0.25, 0.3) is 5.56 Å². The summed E-state index contributed by atoms with van der Waals surface area (Å²) in [5, 5.41) is 0.749. The third-order valence-corrected chi connectivity index (χ3v) is 5.94. The molecule has 0 atom stereocenters. The largest absolute Gasteiger partial charge is 0.329 e. The highest BCUT2D eigenvalue weighted by atomic mass is 32.2. The summed E-state index contributed by atoms with van der Waals surface area (Å²) in [4.78, 5) is 32.6. The minimum atomic E-state index is -0.436. The van der Waals surface area contributed by atoms with Crippen molar-refractivity contribution in [2.45, 2.75) is 69.0 Å². The van der Waals surface area contributed by atoms with Gasteiger partial charge in [-0.3, -0.25) is 14.3 Å². The molecule has 0 amide bonds. The molecule has 2 heterocycles. The molecule has 0 fully saturated rings. The van der Waals surface area contributed by atoms with E-state index in [1.54, 1.807) is 7.05 Å². The predicted octanol–water partition coefficient (Wildman–Crippen LogP) is 4.24. The highest BCUT2D eigenvalue weighted by Gasteiger charge is 2.18. The van der Waals surface area contributed by atoms with E-state index in [9.17, 15) is 9.59 Å². The van der Waals surface area contributed by atoms with Crippen molar-refractivity contribution in [1.82, 2.24) is 19.1 Å². The van der Waals surface area contributed by atoms with Crippen LogP contribution in [0.2, 0.25) is 0 Å². The lowest BCUT2D eigenvalue weighted by Crippen LogP contribution is -2.29. The molecule has 150 valence electrons. The molecular weight excluding hydrogens is 372 g/mol. The Morgan fingerprint density at radius 1 is 1.04 bits per heavy atom. The Bertz CT molecular complexity index is 1050. The Hall–Kier alpha value is -2.28. The fourth-order valence-corrected chi connectivity index (χ4v) is 4.17. The molecule has 0 bridgehead atoms. The topological polar surface area (TPSA) is 72.7 Å². The second-order valence-corrected chi connectivity index (χ2v) is 8.26. The summed E-state index contributed by atoms with van der Waals surface area (Å²) >= 11 is 1.53. The lowest BCUT2D eigenvalue weighted by Gasteiger charge is -2.09. The number of hydrogen-bond acceptors (Lipinski definition) is 4. The van der Waals surface area contributed by atoms with Gasteiger partial charge in [-0.1, -0.05) is 68.5 Å². The lowest BCUT2D eigenvalue weighted by atomic mass is 10.1. The molecule has 0 spiro atoms. The van der Waals surface area contributed by atoms with Crippen molar-refractivity contribution in [3.63, 3.8) is 0 Å². The normalized spacial score (nSPS) is 11.4. The second kappa shape index (κ2) is 9.28. The molecule has 6 nitrogen and oxygen atoms in total. The van der Waals surface area contributed by atoms with Crippen molar-refractivity contribution in [1.29, 1.82) is 0 Å². The first-order chi connectivity index (χ1) is 13.5. The molecule has 1 aromatic carbocycles. The van der Waals surface area contributed by atoms with E-state index < -0.39 is 5.69 Å². The first kappa shape index (κ1) is 20.5. The highest BCUT2D eigenvalue weighted by molar-refractivity contribution is 7.99. The Morgan fingerprint density at radius 3 is 2.43 bits per heavy atom. The maximum absolute atomic E-state index is 12.5. The van der Waals surface area contributed by atoms with E-state index in [-0.39, 0.29) is 5.56 Å². The van der Waals surface area contributed by atoms with Gasteiger partial charge in [0.2, 0.25) is 0 Å². The van der Waals surface area contributed by atoms with E-state index in [2.05, 4.69) is 48.1 Å². The first-order valence-electron chi connectivity index (χ1n) is 9.95. The summed E-state index contributed by atoms with van der Waals surface area (Å²) in [7, 11) is 1.64. The van der Waals surface area contributed by atoms with E-state index in [1.165, 1.54) is 47.6 Å².